The highest BCUT2D eigenvalue weighted by molar-refractivity contribution is 5.78. The summed E-state index contributed by atoms with van der Waals surface area (Å²) in [6.45, 7) is 14.9. The van der Waals surface area contributed by atoms with E-state index in [0.29, 0.717) is 71.3 Å². The molecule has 2 aromatic heterocycles. The van der Waals surface area contributed by atoms with E-state index < -0.39 is 28.0 Å². The van der Waals surface area contributed by atoms with Crippen molar-refractivity contribution >= 4 is 24.1 Å². The van der Waals surface area contributed by atoms with Gasteiger partial charge >= 0.3 is 24.1 Å². The van der Waals surface area contributed by atoms with E-state index in [1.165, 1.54) is 0 Å². The molecule has 264 valence electrons. The molecule has 48 heavy (non-hydrogen) atoms. The number of nitrogens with zero attached hydrogens (tertiary/aromatic N) is 4. The standard InChI is InChI=1S/C19H28N2O4.C17H24N2O4/c1-5-24-16(22)19(13-15-7-6-10-20-14-15)8-11-21(12-9-19)17(23)25-18(2,3)4;1-16(2,3)23-15(22)19-9-6-17(7-10-19,14(20)21)11-13-5-4-8-18-12-13/h6-7,10,14H,5,8-9,11-13H2,1-4H3;4-5,8,12H,6-7,9-11H2,1-3H3,(H,20,21). The van der Waals surface area contributed by atoms with Crippen LogP contribution in [0.15, 0.2) is 49.1 Å². The number of esters is 1. The Hall–Kier alpha value is -4.22. The van der Waals surface area contributed by atoms with Crippen molar-refractivity contribution in [3.8, 4) is 0 Å². The summed E-state index contributed by atoms with van der Waals surface area (Å²) < 4.78 is 16.1. The molecular formula is C36H52N4O8. The fourth-order valence-corrected chi connectivity index (χ4v) is 5.88. The van der Waals surface area contributed by atoms with Crippen molar-refractivity contribution < 1.29 is 38.5 Å². The van der Waals surface area contributed by atoms with E-state index in [0.717, 1.165) is 11.1 Å². The normalized spacial score (nSPS) is 17.3. The molecule has 1 N–H and O–H groups in total. The second kappa shape index (κ2) is 16.3. The van der Waals surface area contributed by atoms with E-state index in [1.54, 1.807) is 40.7 Å². The van der Waals surface area contributed by atoms with E-state index in [-0.39, 0.29) is 18.2 Å². The SMILES string of the molecule is CC(C)(C)OC(=O)N1CCC(Cc2cccnc2)(C(=O)O)CC1.CCOC(=O)C1(Cc2cccnc2)CCN(C(=O)OC(C)(C)C)CC1. The lowest BCUT2D eigenvalue weighted by Crippen LogP contribution is -2.49. The largest absolute Gasteiger partial charge is 0.481 e. The molecule has 4 rings (SSSR count). The number of amides is 2. The lowest BCUT2D eigenvalue weighted by molar-refractivity contribution is -0.158. The van der Waals surface area contributed by atoms with E-state index in [1.807, 2.05) is 66.7 Å². The zero-order valence-corrected chi connectivity index (χ0v) is 29.5. The molecule has 0 spiro atoms. The van der Waals surface area contributed by atoms with Crippen molar-refractivity contribution in [2.45, 2.75) is 98.2 Å². The van der Waals surface area contributed by atoms with Crippen LogP contribution in [0.3, 0.4) is 0 Å². The first-order valence-electron chi connectivity index (χ1n) is 16.6. The Morgan fingerprint density at radius 2 is 1.12 bits per heavy atom. The summed E-state index contributed by atoms with van der Waals surface area (Å²) in [5, 5.41) is 9.71. The highest BCUT2D eigenvalue weighted by Gasteiger charge is 2.45. The van der Waals surface area contributed by atoms with E-state index >= 15 is 0 Å². The molecule has 2 aliphatic rings. The summed E-state index contributed by atoms with van der Waals surface area (Å²) in [6.07, 6.45) is 9.09. The van der Waals surface area contributed by atoms with Gasteiger partial charge in [0.25, 0.3) is 0 Å². The molecule has 0 aliphatic carbocycles. The number of aromatic nitrogens is 2. The van der Waals surface area contributed by atoms with Crippen molar-refractivity contribution in [1.29, 1.82) is 0 Å². The Kier molecular flexibility index (Phi) is 12.9. The Balaban J connectivity index is 0.000000261. The smallest absolute Gasteiger partial charge is 0.410 e. The highest BCUT2D eigenvalue weighted by Crippen LogP contribution is 2.38. The Bertz CT molecular complexity index is 1360. The minimum absolute atomic E-state index is 0.192. The van der Waals surface area contributed by atoms with Crippen LogP contribution in [-0.4, -0.2) is 93.0 Å². The van der Waals surface area contributed by atoms with Crippen LogP contribution in [0, 0.1) is 10.8 Å². The molecule has 0 atom stereocenters. The number of carboxylic acid groups (broad SMARTS) is 1. The maximum atomic E-state index is 12.7. The molecule has 0 unspecified atom stereocenters. The number of pyridine rings is 2. The Morgan fingerprint density at radius 3 is 1.46 bits per heavy atom. The maximum absolute atomic E-state index is 12.7. The van der Waals surface area contributed by atoms with Gasteiger partial charge in [0.2, 0.25) is 0 Å². The van der Waals surface area contributed by atoms with Gasteiger partial charge in [0.05, 0.1) is 17.4 Å². The highest BCUT2D eigenvalue weighted by atomic mass is 16.6. The molecule has 2 saturated heterocycles. The summed E-state index contributed by atoms with van der Waals surface area (Å²) in [7, 11) is 0. The molecule has 0 saturated carbocycles. The number of carbonyl (C=O) groups excluding carboxylic acids is 3. The minimum atomic E-state index is -0.846. The fourth-order valence-electron chi connectivity index (χ4n) is 5.88. The number of hydrogen-bond acceptors (Lipinski definition) is 9. The van der Waals surface area contributed by atoms with Crippen LogP contribution in [0.4, 0.5) is 9.59 Å². The first-order chi connectivity index (χ1) is 22.5. The van der Waals surface area contributed by atoms with Gasteiger partial charge in [0, 0.05) is 51.0 Å². The number of carboxylic acids is 1. The van der Waals surface area contributed by atoms with Gasteiger partial charge in [-0.25, -0.2) is 9.59 Å². The molecule has 0 aromatic carbocycles. The topological polar surface area (TPSA) is 148 Å². The van der Waals surface area contributed by atoms with Crippen molar-refractivity contribution in [3.05, 3.63) is 60.2 Å². The lowest BCUT2D eigenvalue weighted by atomic mass is 9.74. The van der Waals surface area contributed by atoms with Gasteiger partial charge in [0.15, 0.2) is 0 Å². The summed E-state index contributed by atoms with van der Waals surface area (Å²) in [6, 6.07) is 7.52. The number of carbonyl (C=O) groups is 4. The number of aliphatic carboxylic acids is 1. The van der Waals surface area contributed by atoms with Gasteiger partial charge in [-0.1, -0.05) is 12.1 Å². The van der Waals surface area contributed by atoms with Crippen molar-refractivity contribution in [2.24, 2.45) is 10.8 Å². The number of likely N-dealkylation sites (tertiary alicyclic amines) is 2. The number of piperidine rings is 2. The van der Waals surface area contributed by atoms with Crippen molar-refractivity contribution in [1.82, 2.24) is 19.8 Å². The molecular weight excluding hydrogens is 616 g/mol. The van der Waals surface area contributed by atoms with Crippen LogP contribution in [0.2, 0.25) is 0 Å². The van der Waals surface area contributed by atoms with Gasteiger partial charge in [-0.05, 0) is 110 Å². The summed E-state index contributed by atoms with van der Waals surface area (Å²) >= 11 is 0. The number of ether oxygens (including phenoxy) is 3. The third kappa shape index (κ3) is 11.2. The Labute approximate surface area is 284 Å². The average molecular weight is 669 g/mol. The molecule has 2 aliphatic heterocycles. The molecule has 2 fully saturated rings. The van der Waals surface area contributed by atoms with Gasteiger partial charge in [0.1, 0.15) is 11.2 Å². The second-order valence-corrected chi connectivity index (χ2v) is 14.6. The van der Waals surface area contributed by atoms with E-state index in [4.69, 9.17) is 14.2 Å². The fraction of sp³-hybridized carbons (Fsp3) is 0.611. The van der Waals surface area contributed by atoms with Gasteiger partial charge in [-0.3, -0.25) is 19.6 Å². The zero-order valence-electron chi connectivity index (χ0n) is 29.5. The van der Waals surface area contributed by atoms with Crippen molar-refractivity contribution in [3.63, 3.8) is 0 Å². The third-order valence-electron chi connectivity index (χ3n) is 8.44. The summed E-state index contributed by atoms with van der Waals surface area (Å²) in [4.78, 5) is 60.3. The first-order valence-corrected chi connectivity index (χ1v) is 16.6. The molecule has 2 aromatic rings. The molecule has 12 heteroatoms. The summed E-state index contributed by atoms with van der Waals surface area (Å²) in [5.74, 6) is -1.01. The molecule has 4 heterocycles. The minimum Gasteiger partial charge on any atom is -0.481 e. The van der Waals surface area contributed by atoms with Gasteiger partial charge in [-0.2, -0.15) is 0 Å². The predicted molar refractivity (Wildman–Crippen MR) is 179 cm³/mol. The van der Waals surface area contributed by atoms with E-state index in [2.05, 4.69) is 9.97 Å². The van der Waals surface area contributed by atoms with Crippen LogP contribution >= 0.6 is 0 Å². The van der Waals surface area contributed by atoms with E-state index in [9.17, 15) is 24.3 Å². The Morgan fingerprint density at radius 1 is 0.729 bits per heavy atom. The van der Waals surface area contributed by atoms with Crippen LogP contribution < -0.4 is 0 Å². The zero-order chi connectivity index (χ0) is 35.6. The van der Waals surface area contributed by atoms with Crippen LogP contribution in [-0.2, 0) is 36.6 Å². The number of rotatable bonds is 7. The maximum Gasteiger partial charge on any atom is 0.410 e. The molecule has 12 nitrogen and oxygen atoms in total. The van der Waals surface area contributed by atoms with Crippen LogP contribution in [0.1, 0.15) is 85.3 Å². The first kappa shape index (κ1) is 38.2. The molecule has 0 bridgehead atoms. The monoisotopic (exact) mass is 668 g/mol. The molecule has 2 amide bonds. The average Bonchev–Trinajstić information content (AvgIpc) is 3.01. The van der Waals surface area contributed by atoms with Crippen LogP contribution in [0.5, 0.6) is 0 Å². The molecule has 0 radical (unpaired) electrons. The van der Waals surface area contributed by atoms with Crippen molar-refractivity contribution in [2.75, 3.05) is 32.8 Å². The van der Waals surface area contributed by atoms with Gasteiger partial charge < -0.3 is 29.1 Å². The lowest BCUT2D eigenvalue weighted by Gasteiger charge is -2.40. The third-order valence-corrected chi connectivity index (χ3v) is 8.44. The number of hydrogen-bond donors (Lipinski definition) is 1. The second-order valence-electron chi connectivity index (χ2n) is 14.6. The predicted octanol–water partition coefficient (Wildman–Crippen LogP) is 5.93. The quantitative estimate of drug-likeness (QED) is 0.278. The van der Waals surface area contributed by atoms with Crippen LogP contribution in [0.25, 0.3) is 0 Å². The summed E-state index contributed by atoms with van der Waals surface area (Å²) in [5.41, 5.74) is -0.628. The van der Waals surface area contributed by atoms with Gasteiger partial charge in [-0.15, -0.1) is 0 Å².